The maximum atomic E-state index is 13.9. The Balaban J connectivity index is 1.60. The van der Waals surface area contributed by atoms with Crippen molar-refractivity contribution in [2.75, 3.05) is 18.6 Å². The highest BCUT2D eigenvalue weighted by atomic mass is 16.5. The Labute approximate surface area is 214 Å². The molecule has 0 bridgehead atoms. The first-order valence-electron chi connectivity index (χ1n) is 12.2. The van der Waals surface area contributed by atoms with Crippen molar-refractivity contribution in [3.05, 3.63) is 90.0 Å². The molecule has 3 aromatic rings. The van der Waals surface area contributed by atoms with Gasteiger partial charge in [0.15, 0.2) is 0 Å². The number of anilines is 1. The molecule has 3 aromatic carbocycles. The molecule has 2 N–H and O–H groups in total. The minimum Gasteiger partial charge on any atom is -0.497 e. The third kappa shape index (κ3) is 4.13. The van der Waals surface area contributed by atoms with E-state index in [4.69, 9.17) is 9.47 Å². The van der Waals surface area contributed by atoms with Crippen LogP contribution in [0.15, 0.2) is 78.9 Å². The van der Waals surface area contributed by atoms with Crippen LogP contribution in [0.4, 0.5) is 5.69 Å². The number of rotatable bonds is 8. The molecule has 2 aliphatic heterocycles. The van der Waals surface area contributed by atoms with Gasteiger partial charge < -0.3 is 14.6 Å². The van der Waals surface area contributed by atoms with E-state index in [1.165, 1.54) is 0 Å². The summed E-state index contributed by atoms with van der Waals surface area (Å²) in [6.07, 6.45) is 0.0487. The number of aliphatic carboxylic acids is 1. The van der Waals surface area contributed by atoms with Gasteiger partial charge in [-0.3, -0.25) is 19.7 Å². The average molecular weight is 501 g/mol. The van der Waals surface area contributed by atoms with Gasteiger partial charge in [0.1, 0.15) is 17.0 Å². The van der Waals surface area contributed by atoms with E-state index in [0.29, 0.717) is 29.4 Å². The minimum absolute atomic E-state index is 0.0487. The van der Waals surface area contributed by atoms with Crippen molar-refractivity contribution in [2.45, 2.75) is 24.9 Å². The molecule has 0 unspecified atom stereocenters. The first kappa shape index (κ1) is 24.5. The lowest BCUT2D eigenvalue weighted by atomic mass is 9.76. The van der Waals surface area contributed by atoms with Crippen molar-refractivity contribution < 1.29 is 29.0 Å². The molecular weight excluding hydrogens is 472 g/mol. The zero-order valence-electron chi connectivity index (χ0n) is 20.6. The van der Waals surface area contributed by atoms with Crippen molar-refractivity contribution in [3.63, 3.8) is 0 Å². The molecule has 0 spiro atoms. The summed E-state index contributed by atoms with van der Waals surface area (Å²) in [5.41, 5.74) is 0.178. The summed E-state index contributed by atoms with van der Waals surface area (Å²) in [6.45, 7) is 2.36. The summed E-state index contributed by atoms with van der Waals surface area (Å²) in [5, 5.41) is 13.8. The predicted octanol–water partition coefficient (Wildman–Crippen LogP) is 3.61. The van der Waals surface area contributed by atoms with Gasteiger partial charge in [-0.1, -0.05) is 42.5 Å². The average Bonchev–Trinajstić information content (AvgIpc) is 3.39. The topological polar surface area (TPSA) is 105 Å². The maximum Gasteiger partial charge on any atom is 0.325 e. The second-order valence-electron chi connectivity index (χ2n) is 9.28. The van der Waals surface area contributed by atoms with Crippen LogP contribution in [0, 0.1) is 11.8 Å². The van der Waals surface area contributed by atoms with Crippen molar-refractivity contribution in [1.82, 2.24) is 5.32 Å². The number of nitrogens with zero attached hydrogens (tertiary/aromatic N) is 1. The van der Waals surface area contributed by atoms with Crippen LogP contribution >= 0.6 is 0 Å². The van der Waals surface area contributed by atoms with Gasteiger partial charge in [-0.15, -0.1) is 0 Å². The molecule has 2 heterocycles. The lowest BCUT2D eigenvalue weighted by Crippen LogP contribution is -2.57. The molecule has 37 heavy (non-hydrogen) atoms. The molecule has 0 aromatic heterocycles. The van der Waals surface area contributed by atoms with E-state index in [-0.39, 0.29) is 6.42 Å². The zero-order valence-corrected chi connectivity index (χ0v) is 20.6. The first-order valence-corrected chi connectivity index (χ1v) is 12.2. The molecule has 0 radical (unpaired) electrons. The number of carbonyl (C=O) groups excluding carboxylic acids is 2. The van der Waals surface area contributed by atoms with Gasteiger partial charge in [-0.25, -0.2) is 4.90 Å². The van der Waals surface area contributed by atoms with Crippen LogP contribution in [0.2, 0.25) is 0 Å². The number of benzene rings is 3. The van der Waals surface area contributed by atoms with Crippen molar-refractivity contribution >= 4 is 23.5 Å². The first-order chi connectivity index (χ1) is 17.9. The highest BCUT2D eigenvalue weighted by Gasteiger charge is 2.68. The lowest BCUT2D eigenvalue weighted by Gasteiger charge is -2.31. The molecule has 0 aliphatic carbocycles. The van der Waals surface area contributed by atoms with Crippen molar-refractivity contribution in [3.8, 4) is 11.5 Å². The lowest BCUT2D eigenvalue weighted by molar-refractivity contribution is -0.148. The van der Waals surface area contributed by atoms with Crippen molar-refractivity contribution in [1.29, 1.82) is 0 Å². The molecule has 2 fully saturated rings. The molecule has 8 heteroatoms. The van der Waals surface area contributed by atoms with E-state index < -0.39 is 41.2 Å². The Morgan fingerprint density at radius 2 is 1.59 bits per heavy atom. The van der Waals surface area contributed by atoms with Crippen LogP contribution in [0.5, 0.6) is 11.5 Å². The van der Waals surface area contributed by atoms with Crippen LogP contribution in [0.1, 0.15) is 24.1 Å². The number of fused-ring (bicyclic) bond motifs is 1. The van der Waals surface area contributed by atoms with E-state index in [2.05, 4.69) is 5.32 Å². The fourth-order valence-corrected chi connectivity index (χ4v) is 5.57. The minimum atomic E-state index is -1.68. The summed E-state index contributed by atoms with van der Waals surface area (Å²) >= 11 is 0. The quantitative estimate of drug-likeness (QED) is 0.455. The fraction of sp³-hybridized carbons (Fsp3) is 0.276. The highest BCUT2D eigenvalue weighted by molar-refractivity contribution is 6.24. The number of carboxylic acid groups (broad SMARTS) is 1. The predicted molar refractivity (Wildman–Crippen MR) is 136 cm³/mol. The van der Waals surface area contributed by atoms with Gasteiger partial charge >= 0.3 is 5.97 Å². The second-order valence-corrected chi connectivity index (χ2v) is 9.28. The van der Waals surface area contributed by atoms with Gasteiger partial charge in [-0.2, -0.15) is 0 Å². The molecule has 0 saturated carbocycles. The summed E-state index contributed by atoms with van der Waals surface area (Å²) in [5.74, 6) is -2.87. The molecule has 4 atom stereocenters. The highest BCUT2D eigenvalue weighted by Crippen LogP contribution is 2.51. The number of hydrogen-bond donors (Lipinski definition) is 2. The third-order valence-electron chi connectivity index (χ3n) is 7.24. The Kier molecular flexibility index (Phi) is 6.43. The number of imide groups is 1. The number of nitrogens with one attached hydrogen (secondary N) is 1. The SMILES string of the molecule is CCOc1ccc(N2C(=O)[C@H]3[C@@H](C2=O)[C@](Cc2ccccc2)(C(=O)O)N[C@H]3c2ccc(OC)cc2)cc1. The van der Waals surface area contributed by atoms with Crippen LogP contribution in [0.3, 0.4) is 0 Å². The van der Waals surface area contributed by atoms with E-state index in [9.17, 15) is 19.5 Å². The summed E-state index contributed by atoms with van der Waals surface area (Å²) in [6, 6.07) is 22.3. The number of carbonyl (C=O) groups is 3. The fourth-order valence-electron chi connectivity index (χ4n) is 5.57. The number of carboxylic acids is 1. The maximum absolute atomic E-state index is 13.9. The molecule has 2 amide bonds. The summed E-state index contributed by atoms with van der Waals surface area (Å²) in [7, 11) is 1.56. The van der Waals surface area contributed by atoms with Crippen LogP contribution in [-0.2, 0) is 20.8 Å². The van der Waals surface area contributed by atoms with Gasteiger partial charge in [0.25, 0.3) is 0 Å². The van der Waals surface area contributed by atoms with Crippen LogP contribution in [-0.4, -0.2) is 42.1 Å². The van der Waals surface area contributed by atoms with Gasteiger partial charge in [-0.05, 0) is 54.4 Å². The molecular formula is C29H28N2O6. The molecule has 5 rings (SSSR count). The van der Waals surface area contributed by atoms with Gasteiger partial charge in [0.05, 0.1) is 31.2 Å². The van der Waals surface area contributed by atoms with E-state index >= 15 is 0 Å². The molecule has 2 saturated heterocycles. The Morgan fingerprint density at radius 1 is 0.946 bits per heavy atom. The molecule has 190 valence electrons. The van der Waals surface area contributed by atoms with Crippen molar-refractivity contribution in [2.24, 2.45) is 11.8 Å². The monoisotopic (exact) mass is 500 g/mol. The Hall–Kier alpha value is -4.17. The van der Waals surface area contributed by atoms with Crippen LogP contribution < -0.4 is 19.7 Å². The largest absolute Gasteiger partial charge is 0.497 e. The summed E-state index contributed by atoms with van der Waals surface area (Å²) < 4.78 is 10.8. The van der Waals surface area contributed by atoms with E-state index in [0.717, 1.165) is 10.5 Å². The van der Waals surface area contributed by atoms with Gasteiger partial charge in [0.2, 0.25) is 11.8 Å². The smallest absolute Gasteiger partial charge is 0.325 e. The zero-order chi connectivity index (χ0) is 26.2. The second kappa shape index (κ2) is 9.71. The summed E-state index contributed by atoms with van der Waals surface area (Å²) in [4.78, 5) is 41.9. The molecule has 2 aliphatic rings. The number of amides is 2. The Morgan fingerprint density at radius 3 is 2.19 bits per heavy atom. The Bertz CT molecular complexity index is 1310. The standard InChI is InChI=1S/C29H28N2O6/c1-3-37-22-15-11-20(12-16-22)31-26(32)23-24(27(31)33)29(28(34)35,17-18-7-5-4-6-8-18)30-25(23)19-9-13-21(36-2)14-10-19/h4-16,23-25,30H,3,17H2,1-2H3,(H,34,35)/t23-,24-,25-,29+/m0/s1. The van der Waals surface area contributed by atoms with Crippen LogP contribution in [0.25, 0.3) is 0 Å². The third-order valence-corrected chi connectivity index (χ3v) is 7.24. The molecule has 8 nitrogen and oxygen atoms in total. The van der Waals surface area contributed by atoms with E-state index in [1.54, 1.807) is 55.6 Å². The van der Waals surface area contributed by atoms with Gasteiger partial charge in [0, 0.05) is 12.5 Å². The van der Waals surface area contributed by atoms with E-state index in [1.807, 2.05) is 37.3 Å². The normalized spacial score (nSPS) is 24.7. The number of hydrogen-bond acceptors (Lipinski definition) is 6. The number of ether oxygens (including phenoxy) is 2. The number of methoxy groups -OCH3 is 1.